The van der Waals surface area contributed by atoms with Crippen molar-refractivity contribution in [2.45, 2.75) is 0 Å². The van der Waals surface area contributed by atoms with E-state index in [0.29, 0.717) is 22.3 Å². The van der Waals surface area contributed by atoms with Crippen LogP contribution in [0.4, 0.5) is 0 Å². The fraction of sp³-hybridized carbons (Fsp3) is 0.217. The molecule has 3 rings (SSSR count). The monoisotopic (exact) mass is 421 g/mol. The topological polar surface area (TPSA) is 97.8 Å². The number of methoxy groups -OCH3 is 1. The van der Waals surface area contributed by atoms with E-state index in [1.807, 2.05) is 30.3 Å². The Labute approximate surface area is 179 Å². The molecular formula is C23H23N3O5. The highest BCUT2D eigenvalue weighted by Gasteiger charge is 2.19. The van der Waals surface area contributed by atoms with Gasteiger partial charge in [-0.2, -0.15) is 0 Å². The van der Waals surface area contributed by atoms with Crippen LogP contribution < -0.4 is 10.1 Å². The summed E-state index contributed by atoms with van der Waals surface area (Å²) >= 11 is 0. The molecule has 0 saturated heterocycles. The number of hydrogen-bond donors (Lipinski definition) is 1. The number of rotatable bonds is 7. The first-order valence-corrected chi connectivity index (χ1v) is 9.58. The van der Waals surface area contributed by atoms with E-state index in [-0.39, 0.29) is 18.0 Å². The largest absolute Gasteiger partial charge is 0.497 e. The second kappa shape index (κ2) is 9.71. The van der Waals surface area contributed by atoms with Crippen LogP contribution in [0, 0.1) is 0 Å². The van der Waals surface area contributed by atoms with Crippen molar-refractivity contribution in [3.05, 3.63) is 60.2 Å². The average molecular weight is 421 g/mol. The van der Waals surface area contributed by atoms with Crippen molar-refractivity contribution in [2.75, 3.05) is 34.4 Å². The zero-order chi connectivity index (χ0) is 22.4. The van der Waals surface area contributed by atoms with E-state index >= 15 is 0 Å². The maximum absolute atomic E-state index is 12.9. The van der Waals surface area contributed by atoms with Crippen LogP contribution in [0.15, 0.2) is 54.6 Å². The van der Waals surface area contributed by atoms with E-state index in [2.05, 4.69) is 10.3 Å². The van der Waals surface area contributed by atoms with E-state index in [1.54, 1.807) is 24.3 Å². The number of amides is 2. The Bertz CT molecular complexity index is 1110. The molecule has 1 heterocycles. The number of benzene rings is 2. The maximum atomic E-state index is 12.9. The highest BCUT2D eigenvalue weighted by molar-refractivity contribution is 6.05. The molecule has 0 aliphatic carbocycles. The zero-order valence-corrected chi connectivity index (χ0v) is 17.5. The van der Waals surface area contributed by atoms with Gasteiger partial charge in [0, 0.05) is 25.0 Å². The normalized spacial score (nSPS) is 10.4. The molecule has 0 aliphatic heterocycles. The number of aromatic nitrogens is 1. The zero-order valence-electron chi connectivity index (χ0n) is 17.5. The van der Waals surface area contributed by atoms with Crippen LogP contribution in [-0.4, -0.2) is 62.0 Å². The third-order valence-corrected chi connectivity index (χ3v) is 4.72. The lowest BCUT2D eigenvalue weighted by Gasteiger charge is -2.16. The predicted octanol–water partition coefficient (Wildman–Crippen LogP) is 2.27. The third kappa shape index (κ3) is 5.16. The maximum Gasteiger partial charge on any atom is 0.339 e. The molecule has 0 spiro atoms. The molecular weight excluding hydrogens is 398 g/mol. The van der Waals surface area contributed by atoms with Gasteiger partial charge < -0.3 is 19.7 Å². The second-order valence-corrected chi connectivity index (χ2v) is 6.80. The lowest BCUT2D eigenvalue weighted by molar-refractivity contribution is -0.137. The average Bonchev–Trinajstić information content (AvgIpc) is 2.81. The summed E-state index contributed by atoms with van der Waals surface area (Å²) in [5.74, 6) is -0.908. The Morgan fingerprint density at radius 2 is 1.81 bits per heavy atom. The highest BCUT2D eigenvalue weighted by atomic mass is 16.5. The summed E-state index contributed by atoms with van der Waals surface area (Å²) in [5, 5.41) is 2.99. The Balaban J connectivity index is 1.90. The van der Waals surface area contributed by atoms with E-state index in [9.17, 15) is 14.4 Å². The molecule has 0 radical (unpaired) electrons. The molecule has 160 valence electrons. The summed E-state index contributed by atoms with van der Waals surface area (Å²) in [4.78, 5) is 42.4. The summed E-state index contributed by atoms with van der Waals surface area (Å²) in [5.41, 5.74) is 2.31. The van der Waals surface area contributed by atoms with Gasteiger partial charge in [-0.05, 0) is 24.3 Å². The summed E-state index contributed by atoms with van der Waals surface area (Å²) in [6.07, 6.45) is 0. The SMILES string of the molecule is CNC(=O)CN(C)C(=O)COC(=O)c1cc(-c2ccccc2)nc2ccc(OC)cc12. The van der Waals surface area contributed by atoms with Gasteiger partial charge in [-0.3, -0.25) is 9.59 Å². The van der Waals surface area contributed by atoms with Gasteiger partial charge in [-0.25, -0.2) is 9.78 Å². The van der Waals surface area contributed by atoms with Gasteiger partial charge >= 0.3 is 5.97 Å². The standard InChI is InChI=1S/C23H23N3O5/c1-24-21(27)13-26(2)22(28)14-31-23(29)18-12-20(15-7-5-4-6-8-15)25-19-10-9-16(30-3)11-17(18)19/h4-12H,13-14H2,1-3H3,(H,24,27). The van der Waals surface area contributed by atoms with Crippen LogP contribution in [-0.2, 0) is 14.3 Å². The lowest BCUT2D eigenvalue weighted by Crippen LogP contribution is -2.39. The molecule has 0 bridgehead atoms. The van der Waals surface area contributed by atoms with Gasteiger partial charge in [0.1, 0.15) is 5.75 Å². The molecule has 2 amide bonds. The van der Waals surface area contributed by atoms with E-state index in [0.717, 1.165) is 5.56 Å². The van der Waals surface area contributed by atoms with E-state index in [4.69, 9.17) is 9.47 Å². The van der Waals surface area contributed by atoms with E-state index < -0.39 is 18.5 Å². The lowest BCUT2D eigenvalue weighted by atomic mass is 10.0. The smallest absolute Gasteiger partial charge is 0.339 e. The first-order chi connectivity index (χ1) is 14.9. The molecule has 1 N–H and O–H groups in total. The first kappa shape index (κ1) is 21.8. The van der Waals surface area contributed by atoms with Crippen molar-refractivity contribution in [3.8, 4) is 17.0 Å². The molecule has 0 fully saturated rings. The fourth-order valence-electron chi connectivity index (χ4n) is 2.96. The van der Waals surface area contributed by atoms with Gasteiger partial charge in [0.15, 0.2) is 6.61 Å². The van der Waals surface area contributed by atoms with Gasteiger partial charge in [-0.1, -0.05) is 30.3 Å². The molecule has 1 aromatic heterocycles. The van der Waals surface area contributed by atoms with Gasteiger partial charge in [0.2, 0.25) is 5.91 Å². The summed E-state index contributed by atoms with van der Waals surface area (Å²) in [6.45, 7) is -0.610. The number of hydrogen-bond acceptors (Lipinski definition) is 6. The van der Waals surface area contributed by atoms with Crippen LogP contribution in [0.2, 0.25) is 0 Å². The molecule has 0 saturated carbocycles. The minimum absolute atomic E-state index is 0.125. The molecule has 0 unspecified atom stereocenters. The Kier molecular flexibility index (Phi) is 6.81. The second-order valence-electron chi connectivity index (χ2n) is 6.80. The minimum atomic E-state index is -0.667. The molecule has 3 aromatic rings. The number of pyridine rings is 1. The van der Waals surface area contributed by atoms with Gasteiger partial charge in [-0.15, -0.1) is 0 Å². The number of likely N-dealkylation sites (N-methyl/N-ethyl adjacent to an activating group) is 2. The Morgan fingerprint density at radius 1 is 1.06 bits per heavy atom. The van der Waals surface area contributed by atoms with Crippen molar-refractivity contribution in [3.63, 3.8) is 0 Å². The van der Waals surface area contributed by atoms with Crippen molar-refractivity contribution >= 4 is 28.7 Å². The van der Waals surface area contributed by atoms with Crippen LogP contribution in [0.1, 0.15) is 10.4 Å². The molecule has 8 heteroatoms. The number of esters is 1. The number of fused-ring (bicyclic) bond motifs is 1. The van der Waals surface area contributed by atoms with Gasteiger partial charge in [0.05, 0.1) is 30.4 Å². The van der Waals surface area contributed by atoms with Crippen LogP contribution in [0.25, 0.3) is 22.2 Å². The Morgan fingerprint density at radius 3 is 2.48 bits per heavy atom. The Hall–Kier alpha value is -3.94. The number of carbonyl (C=O) groups is 3. The predicted molar refractivity (Wildman–Crippen MR) is 116 cm³/mol. The van der Waals surface area contributed by atoms with Crippen molar-refractivity contribution in [2.24, 2.45) is 0 Å². The molecule has 0 atom stereocenters. The van der Waals surface area contributed by atoms with E-state index in [1.165, 1.54) is 26.1 Å². The van der Waals surface area contributed by atoms with Crippen LogP contribution in [0.3, 0.4) is 0 Å². The summed E-state index contributed by atoms with van der Waals surface area (Å²) in [6, 6.07) is 16.3. The molecule has 2 aromatic carbocycles. The third-order valence-electron chi connectivity index (χ3n) is 4.72. The van der Waals surface area contributed by atoms with Crippen LogP contribution >= 0.6 is 0 Å². The van der Waals surface area contributed by atoms with Gasteiger partial charge in [0.25, 0.3) is 5.91 Å². The number of nitrogens with one attached hydrogen (secondary N) is 1. The molecule has 31 heavy (non-hydrogen) atoms. The number of nitrogens with zero attached hydrogens (tertiary/aromatic N) is 2. The quantitative estimate of drug-likeness (QED) is 0.588. The molecule has 8 nitrogen and oxygen atoms in total. The summed E-state index contributed by atoms with van der Waals surface area (Å²) < 4.78 is 10.5. The summed E-state index contributed by atoms with van der Waals surface area (Å²) in [7, 11) is 4.48. The van der Waals surface area contributed by atoms with Crippen molar-refractivity contribution in [1.82, 2.24) is 15.2 Å². The number of ether oxygens (including phenoxy) is 2. The van der Waals surface area contributed by atoms with Crippen molar-refractivity contribution in [1.29, 1.82) is 0 Å². The fourth-order valence-corrected chi connectivity index (χ4v) is 2.96. The number of carbonyl (C=O) groups excluding carboxylic acids is 3. The molecule has 0 aliphatic rings. The first-order valence-electron chi connectivity index (χ1n) is 9.58. The minimum Gasteiger partial charge on any atom is -0.497 e. The highest BCUT2D eigenvalue weighted by Crippen LogP contribution is 2.28. The van der Waals surface area contributed by atoms with Crippen molar-refractivity contribution < 1.29 is 23.9 Å². The van der Waals surface area contributed by atoms with Crippen LogP contribution in [0.5, 0.6) is 5.75 Å².